The van der Waals surface area contributed by atoms with Gasteiger partial charge in [-0.3, -0.25) is 4.79 Å². The van der Waals surface area contributed by atoms with E-state index in [9.17, 15) is 9.59 Å². The van der Waals surface area contributed by atoms with Gasteiger partial charge in [0.05, 0.1) is 6.21 Å². The van der Waals surface area contributed by atoms with Gasteiger partial charge in [-0.25, -0.2) is 4.79 Å². The molecule has 0 aromatic heterocycles. The fourth-order valence-corrected chi connectivity index (χ4v) is 2.03. The summed E-state index contributed by atoms with van der Waals surface area (Å²) in [6.07, 6.45) is 10.6. The summed E-state index contributed by atoms with van der Waals surface area (Å²) >= 11 is 0. The van der Waals surface area contributed by atoms with Gasteiger partial charge in [0.1, 0.15) is 11.4 Å². The number of esters is 1. The number of oxime groups is 1. The van der Waals surface area contributed by atoms with Gasteiger partial charge in [0.2, 0.25) is 6.61 Å². The molecule has 0 rings (SSSR count). The Kier molecular flexibility index (Phi) is 12.3. The minimum Gasteiger partial charge on any atom is -0.457 e. The lowest BCUT2D eigenvalue weighted by atomic mass is 10.1. The van der Waals surface area contributed by atoms with Crippen molar-refractivity contribution in [3.8, 4) is 0 Å². The molecule has 0 saturated carbocycles. The number of Topliss-reactive ketones (excluding diaryl/α,β-unsaturated/α-hetero) is 1. The van der Waals surface area contributed by atoms with E-state index in [2.05, 4.69) is 12.1 Å². The maximum atomic E-state index is 11.6. The number of ketones is 1. The summed E-state index contributed by atoms with van der Waals surface area (Å²) < 4.78 is 5.06. The summed E-state index contributed by atoms with van der Waals surface area (Å²) in [5, 5.41) is 3.61. The molecule has 0 aliphatic rings. The molecule has 0 atom stereocenters. The molecule has 134 valence electrons. The molecule has 0 aliphatic carbocycles. The first-order valence-electron chi connectivity index (χ1n) is 8.72. The van der Waals surface area contributed by atoms with Crippen molar-refractivity contribution in [3.63, 3.8) is 0 Å². The molecule has 0 aromatic rings. The second-order valence-corrected chi connectivity index (χ2v) is 6.76. The fraction of sp³-hybridized carbons (Fsp3) is 0.833. The van der Waals surface area contributed by atoms with E-state index in [1.54, 1.807) is 20.8 Å². The Labute approximate surface area is 140 Å². The van der Waals surface area contributed by atoms with Crippen molar-refractivity contribution in [2.24, 2.45) is 5.16 Å². The molecule has 0 aromatic carbocycles. The average Bonchev–Trinajstić information content (AvgIpc) is 2.44. The van der Waals surface area contributed by atoms with Crippen LogP contribution >= 0.6 is 0 Å². The number of nitrogens with zero attached hydrogens (tertiary/aromatic N) is 1. The van der Waals surface area contributed by atoms with Crippen molar-refractivity contribution < 1.29 is 19.2 Å². The summed E-state index contributed by atoms with van der Waals surface area (Å²) in [6.45, 7) is 7.33. The van der Waals surface area contributed by atoms with Crippen LogP contribution < -0.4 is 0 Å². The predicted octanol–water partition coefficient (Wildman–Crippen LogP) is 4.43. The molecule has 0 heterocycles. The van der Waals surface area contributed by atoms with Crippen LogP contribution in [0.1, 0.15) is 85.5 Å². The van der Waals surface area contributed by atoms with Crippen molar-refractivity contribution in [2.75, 3.05) is 6.61 Å². The van der Waals surface area contributed by atoms with Crippen molar-refractivity contribution in [3.05, 3.63) is 0 Å². The highest BCUT2D eigenvalue weighted by Crippen LogP contribution is 2.09. The highest BCUT2D eigenvalue weighted by atomic mass is 16.7. The third-order valence-corrected chi connectivity index (χ3v) is 3.13. The summed E-state index contributed by atoms with van der Waals surface area (Å²) in [5.41, 5.74) is -0.531. The van der Waals surface area contributed by atoms with E-state index in [4.69, 9.17) is 9.57 Å². The zero-order valence-corrected chi connectivity index (χ0v) is 15.2. The molecule has 0 bridgehead atoms. The summed E-state index contributed by atoms with van der Waals surface area (Å²) in [5.74, 6) is -0.313. The van der Waals surface area contributed by atoms with Gasteiger partial charge in [0.15, 0.2) is 0 Å². The van der Waals surface area contributed by atoms with Gasteiger partial charge >= 0.3 is 5.97 Å². The number of carbonyl (C=O) groups is 2. The first-order valence-corrected chi connectivity index (χ1v) is 8.72. The lowest BCUT2D eigenvalue weighted by molar-refractivity contribution is -0.160. The minimum absolute atomic E-state index is 0.156. The van der Waals surface area contributed by atoms with Gasteiger partial charge in [-0.05, 0) is 27.2 Å². The zero-order valence-electron chi connectivity index (χ0n) is 15.2. The minimum atomic E-state index is -0.531. The molecule has 5 nitrogen and oxygen atoms in total. The molecule has 0 amide bonds. The Balaban J connectivity index is 3.53. The highest BCUT2D eigenvalue weighted by Gasteiger charge is 2.16. The van der Waals surface area contributed by atoms with Crippen molar-refractivity contribution in [1.29, 1.82) is 0 Å². The van der Waals surface area contributed by atoms with Crippen LogP contribution in [-0.4, -0.2) is 30.2 Å². The number of unbranched alkanes of at least 4 members (excludes halogenated alkanes) is 6. The van der Waals surface area contributed by atoms with Crippen LogP contribution in [-0.2, 0) is 19.2 Å². The van der Waals surface area contributed by atoms with Gasteiger partial charge in [0.25, 0.3) is 0 Å². The van der Waals surface area contributed by atoms with E-state index >= 15 is 0 Å². The van der Waals surface area contributed by atoms with E-state index in [1.807, 2.05) is 0 Å². The van der Waals surface area contributed by atoms with E-state index in [0.29, 0.717) is 6.42 Å². The standard InChI is InChI=1S/C18H33NO4/c1-5-6-7-8-9-10-11-12-16(20)13-14-19-22-15-17(21)23-18(2,3)4/h14H,5-13,15H2,1-4H3/b19-14+. The maximum absolute atomic E-state index is 11.6. The fourth-order valence-electron chi connectivity index (χ4n) is 2.03. The molecular weight excluding hydrogens is 294 g/mol. The van der Waals surface area contributed by atoms with Gasteiger partial charge in [0, 0.05) is 12.8 Å². The first kappa shape index (κ1) is 21.6. The molecule has 0 aliphatic heterocycles. The lowest BCUT2D eigenvalue weighted by Crippen LogP contribution is -2.26. The van der Waals surface area contributed by atoms with Crippen LogP contribution in [0.2, 0.25) is 0 Å². The molecule has 0 radical (unpaired) electrons. The quantitative estimate of drug-likeness (QED) is 0.217. The van der Waals surface area contributed by atoms with Gasteiger partial charge in [-0.1, -0.05) is 50.6 Å². The Hall–Kier alpha value is -1.39. The topological polar surface area (TPSA) is 65.0 Å². The SMILES string of the molecule is CCCCCCCCCC(=O)C/C=N/OCC(=O)OC(C)(C)C. The Morgan fingerprint density at radius 2 is 1.61 bits per heavy atom. The second kappa shape index (κ2) is 13.1. The second-order valence-electron chi connectivity index (χ2n) is 6.76. The van der Waals surface area contributed by atoms with Crippen LogP contribution in [0.15, 0.2) is 5.16 Å². The third kappa shape index (κ3) is 16.8. The van der Waals surface area contributed by atoms with E-state index < -0.39 is 11.6 Å². The molecule has 0 N–H and O–H groups in total. The molecule has 5 heteroatoms. The predicted molar refractivity (Wildman–Crippen MR) is 92.5 cm³/mol. The maximum Gasteiger partial charge on any atom is 0.347 e. The summed E-state index contributed by atoms with van der Waals surface area (Å²) in [6, 6.07) is 0. The molecule has 23 heavy (non-hydrogen) atoms. The van der Waals surface area contributed by atoms with Gasteiger partial charge in [-0.15, -0.1) is 0 Å². The molecule has 0 fully saturated rings. The third-order valence-electron chi connectivity index (χ3n) is 3.13. The van der Waals surface area contributed by atoms with Crippen LogP contribution in [0, 0.1) is 0 Å². The Morgan fingerprint density at radius 3 is 2.22 bits per heavy atom. The van der Waals surface area contributed by atoms with Crippen molar-refractivity contribution >= 4 is 18.0 Å². The van der Waals surface area contributed by atoms with E-state index in [1.165, 1.54) is 38.3 Å². The monoisotopic (exact) mass is 327 g/mol. The molecule has 0 spiro atoms. The van der Waals surface area contributed by atoms with Gasteiger partial charge in [-0.2, -0.15) is 0 Å². The normalized spacial score (nSPS) is 11.7. The Bertz CT molecular complexity index is 359. The molecule has 0 unspecified atom stereocenters. The number of hydrogen-bond acceptors (Lipinski definition) is 5. The van der Waals surface area contributed by atoms with Crippen LogP contribution in [0.3, 0.4) is 0 Å². The van der Waals surface area contributed by atoms with Crippen LogP contribution in [0.4, 0.5) is 0 Å². The number of carbonyl (C=O) groups excluding carboxylic acids is 2. The smallest absolute Gasteiger partial charge is 0.347 e. The first-order chi connectivity index (χ1) is 10.8. The number of ether oxygens (including phenoxy) is 1. The van der Waals surface area contributed by atoms with Gasteiger partial charge < -0.3 is 9.57 Å². The lowest BCUT2D eigenvalue weighted by Gasteiger charge is -2.18. The van der Waals surface area contributed by atoms with Crippen LogP contribution in [0.5, 0.6) is 0 Å². The molecular formula is C18H33NO4. The molecule has 0 saturated heterocycles. The number of hydrogen-bond donors (Lipinski definition) is 0. The van der Waals surface area contributed by atoms with Crippen molar-refractivity contribution in [1.82, 2.24) is 0 Å². The average molecular weight is 327 g/mol. The highest BCUT2D eigenvalue weighted by molar-refractivity contribution is 5.91. The summed E-state index contributed by atoms with van der Waals surface area (Å²) in [4.78, 5) is 27.8. The van der Waals surface area contributed by atoms with Crippen molar-refractivity contribution in [2.45, 2.75) is 91.1 Å². The van der Waals surface area contributed by atoms with E-state index in [-0.39, 0.29) is 18.8 Å². The number of rotatable bonds is 13. The Morgan fingerprint density at radius 1 is 1.00 bits per heavy atom. The zero-order chi connectivity index (χ0) is 17.6. The summed E-state index contributed by atoms with van der Waals surface area (Å²) in [7, 11) is 0. The largest absolute Gasteiger partial charge is 0.457 e. The van der Waals surface area contributed by atoms with Crippen LogP contribution in [0.25, 0.3) is 0 Å². The van der Waals surface area contributed by atoms with E-state index in [0.717, 1.165) is 12.8 Å².